The summed E-state index contributed by atoms with van der Waals surface area (Å²) in [5, 5.41) is 0. The highest BCUT2D eigenvalue weighted by atomic mass is 35.5. The van der Waals surface area contributed by atoms with Crippen LogP contribution in [0, 0.1) is 11.7 Å². The predicted octanol–water partition coefficient (Wildman–Crippen LogP) is 4.58. The monoisotopic (exact) mass is 475 g/mol. The predicted molar refractivity (Wildman–Crippen MR) is 128 cm³/mol. The van der Waals surface area contributed by atoms with Crippen molar-refractivity contribution in [2.24, 2.45) is 11.7 Å². The van der Waals surface area contributed by atoms with Gasteiger partial charge in [-0.2, -0.15) is 0 Å². The van der Waals surface area contributed by atoms with Gasteiger partial charge >= 0.3 is 5.97 Å². The van der Waals surface area contributed by atoms with Crippen LogP contribution in [0.5, 0.6) is 0 Å². The molecule has 1 aliphatic rings. The molecule has 1 aliphatic carbocycles. The van der Waals surface area contributed by atoms with Crippen LogP contribution in [-0.4, -0.2) is 39.1 Å². The number of carbonyl (C=O) groups is 1. The first-order valence-electron chi connectivity index (χ1n) is 11.2. The van der Waals surface area contributed by atoms with Crippen molar-refractivity contribution >= 4 is 29.5 Å². The molecule has 0 radical (unpaired) electrons. The number of methoxy groups -OCH3 is 1. The Morgan fingerprint density at radius 2 is 1.97 bits per heavy atom. The number of esters is 1. The van der Waals surface area contributed by atoms with Gasteiger partial charge in [-0.25, -0.2) is 19.3 Å². The second-order valence-corrected chi connectivity index (χ2v) is 8.84. The molecule has 2 N–H and O–H groups in total. The number of carbonyl (C=O) groups excluding carboxylic acids is 1. The lowest BCUT2D eigenvalue weighted by Gasteiger charge is -2.40. The summed E-state index contributed by atoms with van der Waals surface area (Å²) in [6.45, 7) is 4.08. The number of hydrogen-bond acceptors (Lipinski definition) is 6. The first-order valence-corrected chi connectivity index (χ1v) is 11.2. The van der Waals surface area contributed by atoms with Gasteiger partial charge in [0.2, 0.25) is 0 Å². The summed E-state index contributed by atoms with van der Waals surface area (Å²) in [6.07, 6.45) is 7.93. The molecule has 1 atom stereocenters. The molecule has 1 fully saturated rings. The van der Waals surface area contributed by atoms with Crippen LogP contribution in [0.4, 0.5) is 4.39 Å². The van der Waals surface area contributed by atoms with Gasteiger partial charge in [-0.1, -0.05) is 19.3 Å². The first kappa shape index (κ1) is 25.1. The average molecular weight is 476 g/mol. The van der Waals surface area contributed by atoms with Crippen molar-refractivity contribution in [1.29, 1.82) is 0 Å². The highest BCUT2D eigenvalue weighted by Crippen LogP contribution is 2.43. The van der Waals surface area contributed by atoms with Crippen molar-refractivity contribution in [3.8, 4) is 11.3 Å². The van der Waals surface area contributed by atoms with Gasteiger partial charge in [0.15, 0.2) is 5.65 Å². The Morgan fingerprint density at radius 1 is 1.24 bits per heavy atom. The standard InChI is InChI=1S/C24H30FN5O2.ClH/c1-15(2)30-14-29-21-20(27-13-28-22(21)30)16-9-10-19(25)18(11-16)24(12-26,23(31)32-3)17-7-5-4-6-8-17;/h9-11,13-15,17H,4-8,12,26H2,1-3H3;1H. The number of hydrogen-bond donors (Lipinski definition) is 1. The average Bonchev–Trinajstić information content (AvgIpc) is 3.26. The number of halogens is 2. The van der Waals surface area contributed by atoms with E-state index in [1.54, 1.807) is 18.5 Å². The van der Waals surface area contributed by atoms with Crippen LogP contribution in [0.1, 0.15) is 57.6 Å². The SMILES string of the molecule is COC(=O)C(CN)(c1cc(-c2ncnc3c2ncn3C(C)C)ccc1F)C1CCCCC1.Cl. The zero-order valence-corrected chi connectivity index (χ0v) is 20.1. The zero-order valence-electron chi connectivity index (χ0n) is 19.3. The van der Waals surface area contributed by atoms with E-state index in [0.717, 1.165) is 32.1 Å². The summed E-state index contributed by atoms with van der Waals surface area (Å²) < 4.78 is 22.5. The Balaban J connectivity index is 0.00000306. The minimum Gasteiger partial charge on any atom is -0.468 e. The van der Waals surface area contributed by atoms with Crippen LogP contribution in [-0.2, 0) is 14.9 Å². The smallest absolute Gasteiger partial charge is 0.317 e. The van der Waals surface area contributed by atoms with E-state index in [1.807, 2.05) is 4.57 Å². The van der Waals surface area contributed by atoms with E-state index in [2.05, 4.69) is 28.8 Å². The van der Waals surface area contributed by atoms with Crippen molar-refractivity contribution in [1.82, 2.24) is 19.5 Å². The highest BCUT2D eigenvalue weighted by molar-refractivity contribution is 5.89. The number of aromatic nitrogens is 4. The van der Waals surface area contributed by atoms with Crippen molar-refractivity contribution < 1.29 is 13.9 Å². The van der Waals surface area contributed by atoms with Crippen molar-refractivity contribution in [3.63, 3.8) is 0 Å². The number of ether oxygens (including phenoxy) is 1. The number of rotatable bonds is 6. The summed E-state index contributed by atoms with van der Waals surface area (Å²) >= 11 is 0. The summed E-state index contributed by atoms with van der Waals surface area (Å²) in [6, 6.07) is 4.93. The van der Waals surface area contributed by atoms with Crippen LogP contribution in [0.15, 0.2) is 30.9 Å². The van der Waals surface area contributed by atoms with Gasteiger partial charge < -0.3 is 15.0 Å². The summed E-state index contributed by atoms with van der Waals surface area (Å²) in [5.74, 6) is -1.03. The number of nitrogens with two attached hydrogens (primary N) is 1. The molecule has 0 amide bonds. The number of fused-ring (bicyclic) bond motifs is 1. The Labute approximate surface area is 199 Å². The van der Waals surface area contributed by atoms with Crippen molar-refractivity contribution in [2.75, 3.05) is 13.7 Å². The molecule has 0 bridgehead atoms. The van der Waals surface area contributed by atoms with Crippen molar-refractivity contribution in [2.45, 2.75) is 57.4 Å². The maximum absolute atomic E-state index is 15.3. The lowest BCUT2D eigenvalue weighted by atomic mass is 9.64. The minimum atomic E-state index is -1.24. The van der Waals surface area contributed by atoms with Gasteiger partial charge in [0.25, 0.3) is 0 Å². The van der Waals surface area contributed by atoms with Crippen LogP contribution < -0.4 is 5.73 Å². The van der Waals surface area contributed by atoms with Gasteiger partial charge in [0, 0.05) is 23.7 Å². The fourth-order valence-corrected chi connectivity index (χ4v) is 5.09. The molecule has 1 unspecified atom stereocenters. The Hall–Kier alpha value is -2.58. The normalized spacial score (nSPS) is 16.4. The number of imidazole rings is 1. The molecule has 0 aliphatic heterocycles. The lowest BCUT2D eigenvalue weighted by molar-refractivity contribution is -0.150. The number of nitrogens with zero attached hydrogens (tertiary/aromatic N) is 4. The van der Waals surface area contributed by atoms with E-state index in [-0.39, 0.29) is 36.5 Å². The van der Waals surface area contributed by atoms with Gasteiger partial charge in [0.05, 0.1) is 13.4 Å². The molecule has 178 valence electrons. The third-order valence-corrected chi connectivity index (χ3v) is 6.81. The quantitative estimate of drug-likeness (QED) is 0.524. The fourth-order valence-electron chi connectivity index (χ4n) is 5.09. The number of benzene rings is 1. The van der Waals surface area contributed by atoms with E-state index < -0.39 is 17.2 Å². The molecule has 9 heteroatoms. The third kappa shape index (κ3) is 4.22. The molecule has 33 heavy (non-hydrogen) atoms. The maximum atomic E-state index is 15.3. The highest BCUT2D eigenvalue weighted by Gasteiger charge is 2.49. The van der Waals surface area contributed by atoms with Crippen LogP contribution in [0.2, 0.25) is 0 Å². The Kier molecular flexibility index (Phi) is 7.69. The summed E-state index contributed by atoms with van der Waals surface area (Å²) in [7, 11) is 1.34. The van der Waals surface area contributed by atoms with Crippen LogP contribution >= 0.6 is 12.4 Å². The summed E-state index contributed by atoms with van der Waals surface area (Å²) in [5.41, 5.74) is 7.86. The molecule has 4 rings (SSSR count). The molecule has 0 saturated heterocycles. The molecule has 0 spiro atoms. The Bertz CT molecular complexity index is 1130. The topological polar surface area (TPSA) is 95.9 Å². The Morgan fingerprint density at radius 3 is 2.61 bits per heavy atom. The molecule has 1 aromatic carbocycles. The van der Waals surface area contributed by atoms with E-state index in [0.29, 0.717) is 22.4 Å². The first-order chi connectivity index (χ1) is 15.4. The molecular weight excluding hydrogens is 445 g/mol. The summed E-state index contributed by atoms with van der Waals surface area (Å²) in [4.78, 5) is 26.5. The molecule has 7 nitrogen and oxygen atoms in total. The second-order valence-electron chi connectivity index (χ2n) is 8.84. The van der Waals surface area contributed by atoms with Crippen molar-refractivity contribution in [3.05, 3.63) is 42.2 Å². The molecule has 2 aromatic heterocycles. The van der Waals surface area contributed by atoms with Gasteiger partial charge in [-0.15, -0.1) is 12.4 Å². The van der Waals surface area contributed by atoms with Gasteiger partial charge in [0.1, 0.15) is 28.8 Å². The second kappa shape index (κ2) is 10.1. The lowest BCUT2D eigenvalue weighted by Crippen LogP contribution is -2.51. The van der Waals surface area contributed by atoms with Crippen LogP contribution in [0.3, 0.4) is 0 Å². The maximum Gasteiger partial charge on any atom is 0.317 e. The fraction of sp³-hybridized carbons (Fsp3) is 0.500. The van der Waals surface area contributed by atoms with Gasteiger partial charge in [-0.05, 0) is 50.8 Å². The molecular formula is C24H31ClFN5O2. The van der Waals surface area contributed by atoms with E-state index in [1.165, 1.54) is 19.5 Å². The van der Waals surface area contributed by atoms with E-state index in [4.69, 9.17) is 10.5 Å². The minimum absolute atomic E-state index is 0. The van der Waals surface area contributed by atoms with E-state index >= 15 is 4.39 Å². The molecule has 3 aromatic rings. The van der Waals surface area contributed by atoms with Crippen LogP contribution in [0.25, 0.3) is 22.4 Å². The zero-order chi connectivity index (χ0) is 22.9. The molecule has 1 saturated carbocycles. The third-order valence-electron chi connectivity index (χ3n) is 6.81. The van der Waals surface area contributed by atoms with E-state index in [9.17, 15) is 4.79 Å². The van der Waals surface area contributed by atoms with Gasteiger partial charge in [-0.3, -0.25) is 4.79 Å². The molecule has 2 heterocycles. The largest absolute Gasteiger partial charge is 0.468 e.